The minimum absolute atomic E-state index is 0.207. The van der Waals surface area contributed by atoms with Gasteiger partial charge in [0, 0.05) is 12.1 Å². The van der Waals surface area contributed by atoms with Crippen molar-refractivity contribution in [2.45, 2.75) is 43.5 Å². The number of hydrogen-bond acceptors (Lipinski definition) is 3. The number of sulfonamides is 1. The maximum atomic E-state index is 13.6. The van der Waals surface area contributed by atoms with Crippen LogP contribution in [0.2, 0.25) is 0 Å². The van der Waals surface area contributed by atoms with Crippen LogP contribution in [-0.2, 0) is 10.0 Å². The SMILES string of the molecule is CC1CCC(NS(=O)(=O)c2cc(N)c(F)cc2F)CC1. The van der Waals surface area contributed by atoms with Crippen molar-refractivity contribution in [2.24, 2.45) is 5.92 Å². The summed E-state index contributed by atoms with van der Waals surface area (Å²) >= 11 is 0. The molecule has 0 unspecified atom stereocenters. The molecular weight excluding hydrogens is 286 g/mol. The molecule has 20 heavy (non-hydrogen) atoms. The molecule has 0 bridgehead atoms. The number of nitrogen functional groups attached to an aromatic ring is 1. The van der Waals surface area contributed by atoms with Gasteiger partial charge in [-0.3, -0.25) is 0 Å². The Balaban J connectivity index is 2.20. The minimum atomic E-state index is -4.02. The van der Waals surface area contributed by atoms with E-state index in [0.717, 1.165) is 31.7 Å². The molecule has 0 heterocycles. The second kappa shape index (κ2) is 5.65. The molecule has 0 aromatic heterocycles. The van der Waals surface area contributed by atoms with Crippen LogP contribution in [0.25, 0.3) is 0 Å². The van der Waals surface area contributed by atoms with E-state index >= 15 is 0 Å². The number of halogens is 2. The van der Waals surface area contributed by atoms with E-state index in [0.29, 0.717) is 12.0 Å². The summed E-state index contributed by atoms with van der Waals surface area (Å²) in [6, 6.07) is 1.10. The maximum Gasteiger partial charge on any atom is 0.243 e. The summed E-state index contributed by atoms with van der Waals surface area (Å²) in [7, 11) is -4.02. The molecule has 0 spiro atoms. The number of benzene rings is 1. The highest BCUT2D eigenvalue weighted by Crippen LogP contribution is 2.26. The van der Waals surface area contributed by atoms with Gasteiger partial charge in [0.25, 0.3) is 0 Å². The lowest BCUT2D eigenvalue weighted by Gasteiger charge is -2.26. The summed E-state index contributed by atoms with van der Waals surface area (Å²) in [5, 5.41) is 0. The third-order valence-electron chi connectivity index (χ3n) is 3.68. The zero-order valence-corrected chi connectivity index (χ0v) is 12.0. The van der Waals surface area contributed by atoms with Crippen LogP contribution in [0.15, 0.2) is 17.0 Å². The molecule has 0 amide bonds. The molecule has 1 fully saturated rings. The number of hydrogen-bond donors (Lipinski definition) is 2. The van der Waals surface area contributed by atoms with Crippen LogP contribution in [-0.4, -0.2) is 14.5 Å². The molecule has 3 N–H and O–H groups in total. The van der Waals surface area contributed by atoms with Crippen molar-refractivity contribution < 1.29 is 17.2 Å². The van der Waals surface area contributed by atoms with E-state index in [1.54, 1.807) is 0 Å². The summed E-state index contributed by atoms with van der Waals surface area (Å²) in [4.78, 5) is -0.602. The largest absolute Gasteiger partial charge is 0.396 e. The van der Waals surface area contributed by atoms with Gasteiger partial charge in [0.15, 0.2) is 0 Å². The molecule has 1 saturated carbocycles. The van der Waals surface area contributed by atoms with Crippen molar-refractivity contribution >= 4 is 15.7 Å². The number of nitrogens with two attached hydrogens (primary N) is 1. The van der Waals surface area contributed by atoms with E-state index in [9.17, 15) is 17.2 Å². The van der Waals surface area contributed by atoms with Crippen LogP contribution in [0.4, 0.5) is 14.5 Å². The lowest BCUT2D eigenvalue weighted by Crippen LogP contribution is -2.37. The summed E-state index contributed by atoms with van der Waals surface area (Å²) in [5.74, 6) is -1.52. The molecular formula is C13H18F2N2O2S. The molecule has 0 saturated heterocycles. The molecule has 2 rings (SSSR count). The zero-order valence-electron chi connectivity index (χ0n) is 11.2. The minimum Gasteiger partial charge on any atom is -0.396 e. The van der Waals surface area contributed by atoms with Crippen molar-refractivity contribution in [3.05, 3.63) is 23.8 Å². The number of rotatable bonds is 3. The topological polar surface area (TPSA) is 72.2 Å². The van der Waals surface area contributed by atoms with Gasteiger partial charge in [0.1, 0.15) is 16.5 Å². The smallest absolute Gasteiger partial charge is 0.243 e. The standard InChI is InChI=1S/C13H18F2N2O2S/c1-8-2-4-9(5-3-8)17-20(18,19)13-7-12(16)10(14)6-11(13)15/h6-9,17H,2-5,16H2,1H3. The first kappa shape index (κ1) is 15.2. The van der Waals surface area contributed by atoms with E-state index in [-0.39, 0.29) is 11.7 Å². The molecule has 4 nitrogen and oxygen atoms in total. The van der Waals surface area contributed by atoms with Gasteiger partial charge in [-0.15, -0.1) is 0 Å². The van der Waals surface area contributed by atoms with Gasteiger partial charge in [-0.1, -0.05) is 6.92 Å². The highest BCUT2D eigenvalue weighted by Gasteiger charge is 2.27. The Bertz CT molecular complexity index is 597. The fraction of sp³-hybridized carbons (Fsp3) is 0.538. The van der Waals surface area contributed by atoms with Gasteiger partial charge in [-0.05, 0) is 37.7 Å². The van der Waals surface area contributed by atoms with E-state index in [4.69, 9.17) is 5.73 Å². The predicted molar refractivity (Wildman–Crippen MR) is 72.5 cm³/mol. The summed E-state index contributed by atoms with van der Waals surface area (Å²) in [5.41, 5.74) is 4.92. The Hall–Kier alpha value is -1.21. The molecule has 0 aliphatic heterocycles. The van der Waals surface area contributed by atoms with Crippen LogP contribution in [0.5, 0.6) is 0 Å². The predicted octanol–water partition coefficient (Wildman–Crippen LogP) is 2.40. The number of anilines is 1. The van der Waals surface area contributed by atoms with E-state index in [1.165, 1.54) is 0 Å². The molecule has 1 aliphatic rings. The monoisotopic (exact) mass is 304 g/mol. The Morgan fingerprint density at radius 2 is 1.75 bits per heavy atom. The Morgan fingerprint density at radius 3 is 2.35 bits per heavy atom. The third kappa shape index (κ3) is 3.27. The average molecular weight is 304 g/mol. The Kier molecular flexibility index (Phi) is 4.29. The van der Waals surface area contributed by atoms with E-state index in [1.807, 2.05) is 0 Å². The summed E-state index contributed by atoms with van der Waals surface area (Å²) in [6.07, 6.45) is 3.31. The van der Waals surface area contributed by atoms with Gasteiger partial charge in [0.05, 0.1) is 5.69 Å². The fourth-order valence-electron chi connectivity index (χ4n) is 2.41. The van der Waals surface area contributed by atoms with Crippen molar-refractivity contribution in [3.8, 4) is 0 Å². The molecule has 1 aromatic carbocycles. The third-order valence-corrected chi connectivity index (χ3v) is 5.21. The van der Waals surface area contributed by atoms with Crippen molar-refractivity contribution in [1.29, 1.82) is 0 Å². The van der Waals surface area contributed by atoms with Gasteiger partial charge < -0.3 is 5.73 Å². The van der Waals surface area contributed by atoms with Gasteiger partial charge in [0.2, 0.25) is 10.0 Å². The quantitative estimate of drug-likeness (QED) is 0.842. The lowest BCUT2D eigenvalue weighted by molar-refractivity contribution is 0.332. The van der Waals surface area contributed by atoms with Crippen LogP contribution in [0.3, 0.4) is 0 Å². The zero-order chi connectivity index (χ0) is 14.9. The second-order valence-corrected chi connectivity index (χ2v) is 7.06. The van der Waals surface area contributed by atoms with Crippen LogP contribution in [0.1, 0.15) is 32.6 Å². The summed E-state index contributed by atoms with van der Waals surface area (Å²) in [6.45, 7) is 2.12. The van der Waals surface area contributed by atoms with Crippen molar-refractivity contribution in [2.75, 3.05) is 5.73 Å². The van der Waals surface area contributed by atoms with Crippen molar-refractivity contribution in [3.63, 3.8) is 0 Å². The van der Waals surface area contributed by atoms with E-state index in [2.05, 4.69) is 11.6 Å². The lowest BCUT2D eigenvalue weighted by atomic mass is 9.88. The van der Waals surface area contributed by atoms with Gasteiger partial charge in [-0.2, -0.15) is 0 Å². The van der Waals surface area contributed by atoms with E-state index < -0.39 is 26.6 Å². The Labute approximate surface area is 117 Å². The van der Waals surface area contributed by atoms with Crippen molar-refractivity contribution in [1.82, 2.24) is 4.72 Å². The molecule has 1 aliphatic carbocycles. The van der Waals surface area contributed by atoms with Crippen LogP contribution >= 0.6 is 0 Å². The summed E-state index contributed by atoms with van der Waals surface area (Å²) < 4.78 is 53.4. The normalized spacial score (nSPS) is 23.8. The fourth-order valence-corrected chi connectivity index (χ4v) is 3.81. The molecule has 112 valence electrons. The average Bonchev–Trinajstić information content (AvgIpc) is 2.36. The van der Waals surface area contributed by atoms with Gasteiger partial charge >= 0.3 is 0 Å². The van der Waals surface area contributed by atoms with Crippen LogP contribution in [0, 0.1) is 17.6 Å². The molecule has 0 radical (unpaired) electrons. The van der Waals surface area contributed by atoms with Gasteiger partial charge in [-0.25, -0.2) is 21.9 Å². The molecule has 1 aromatic rings. The highest BCUT2D eigenvalue weighted by atomic mass is 32.2. The maximum absolute atomic E-state index is 13.6. The van der Waals surface area contributed by atoms with Crippen LogP contribution < -0.4 is 10.5 Å². The first-order chi connectivity index (χ1) is 9.29. The first-order valence-electron chi connectivity index (χ1n) is 6.56. The first-order valence-corrected chi connectivity index (χ1v) is 8.05. The molecule has 7 heteroatoms. The second-order valence-electron chi connectivity index (χ2n) is 5.38. The molecule has 0 atom stereocenters. The number of nitrogens with one attached hydrogen (secondary N) is 1. The highest BCUT2D eigenvalue weighted by molar-refractivity contribution is 7.89. The Morgan fingerprint density at radius 1 is 1.15 bits per heavy atom.